The van der Waals surface area contributed by atoms with Gasteiger partial charge in [-0.15, -0.1) is 0 Å². The highest BCUT2D eigenvalue weighted by atomic mass is 16.5. The topological polar surface area (TPSA) is 60.2 Å². The maximum Gasteiger partial charge on any atom is 0.239 e. The Bertz CT molecular complexity index is 459. The normalized spacial score (nSPS) is 18.6. The molecule has 0 atom stereocenters. The molecule has 1 saturated carbocycles. The average Bonchev–Trinajstić information content (AvgIpc) is 2.32. The molecule has 112 valence electrons. The molecule has 4 heteroatoms. The molecule has 3 N–H and O–H groups in total. The third-order valence-electron chi connectivity index (χ3n) is 3.68. The van der Waals surface area contributed by atoms with Gasteiger partial charge in [0.2, 0.25) is 5.88 Å². The van der Waals surface area contributed by atoms with Gasteiger partial charge in [-0.1, -0.05) is 19.3 Å². The van der Waals surface area contributed by atoms with Crippen molar-refractivity contribution >= 4 is 11.5 Å². The van der Waals surface area contributed by atoms with E-state index < -0.39 is 0 Å². The summed E-state index contributed by atoms with van der Waals surface area (Å²) in [6.45, 7) is 8.26. The minimum atomic E-state index is -0.297. The first-order chi connectivity index (χ1) is 9.27. The Morgan fingerprint density at radius 3 is 2.45 bits per heavy atom. The van der Waals surface area contributed by atoms with Crippen molar-refractivity contribution in [2.75, 3.05) is 11.1 Å². The van der Waals surface area contributed by atoms with E-state index in [9.17, 15) is 0 Å². The van der Waals surface area contributed by atoms with Gasteiger partial charge in [0.1, 0.15) is 11.4 Å². The summed E-state index contributed by atoms with van der Waals surface area (Å²) in [5.41, 5.74) is 6.37. The van der Waals surface area contributed by atoms with Crippen molar-refractivity contribution in [2.24, 2.45) is 0 Å². The number of aromatic nitrogens is 1. The molecule has 0 spiro atoms. The number of rotatable bonds is 3. The van der Waals surface area contributed by atoms with Crippen molar-refractivity contribution in [2.45, 2.75) is 70.9 Å². The second-order valence-electron chi connectivity index (χ2n) is 7.05. The first-order valence-electron chi connectivity index (χ1n) is 7.51. The van der Waals surface area contributed by atoms with Gasteiger partial charge in [-0.05, 0) is 52.7 Å². The Hall–Kier alpha value is -1.45. The van der Waals surface area contributed by atoms with Crippen LogP contribution in [0.15, 0.2) is 12.1 Å². The molecule has 1 aliphatic rings. The highest BCUT2D eigenvalue weighted by Crippen LogP contribution is 2.32. The van der Waals surface area contributed by atoms with Crippen molar-refractivity contribution < 1.29 is 4.74 Å². The number of nitrogen functional groups attached to an aromatic ring is 1. The zero-order chi connectivity index (χ0) is 14.8. The fourth-order valence-corrected chi connectivity index (χ4v) is 2.66. The predicted molar refractivity (Wildman–Crippen MR) is 84.1 cm³/mol. The van der Waals surface area contributed by atoms with Crippen LogP contribution in [0.2, 0.25) is 0 Å². The molecule has 1 fully saturated rings. The van der Waals surface area contributed by atoms with Crippen LogP contribution in [0.4, 0.5) is 11.5 Å². The van der Waals surface area contributed by atoms with Gasteiger partial charge in [0.15, 0.2) is 0 Å². The molecule has 0 radical (unpaired) electrons. The first kappa shape index (κ1) is 14.9. The van der Waals surface area contributed by atoms with E-state index in [1.54, 1.807) is 0 Å². The van der Waals surface area contributed by atoms with Crippen LogP contribution in [0.25, 0.3) is 0 Å². The van der Waals surface area contributed by atoms with Gasteiger partial charge in [0.05, 0.1) is 5.69 Å². The first-order valence-corrected chi connectivity index (χ1v) is 7.51. The molecule has 1 aliphatic carbocycles. The predicted octanol–water partition coefficient (Wildman–Crippen LogP) is 3.98. The SMILES string of the molecule is CC1(Nc2ccc(N)c(OC(C)(C)C)n2)CCCCC1. The summed E-state index contributed by atoms with van der Waals surface area (Å²) in [6, 6.07) is 3.80. The van der Waals surface area contributed by atoms with E-state index in [0.29, 0.717) is 11.6 Å². The third kappa shape index (κ3) is 4.02. The fraction of sp³-hybridized carbons (Fsp3) is 0.688. The van der Waals surface area contributed by atoms with Crippen molar-refractivity contribution in [1.29, 1.82) is 0 Å². The van der Waals surface area contributed by atoms with Gasteiger partial charge in [0.25, 0.3) is 0 Å². The van der Waals surface area contributed by atoms with Gasteiger partial charge < -0.3 is 15.8 Å². The molecule has 0 aliphatic heterocycles. The summed E-state index contributed by atoms with van der Waals surface area (Å²) in [7, 11) is 0. The molecule has 0 saturated heterocycles. The highest BCUT2D eigenvalue weighted by Gasteiger charge is 2.27. The van der Waals surface area contributed by atoms with Crippen LogP contribution in [0.3, 0.4) is 0 Å². The van der Waals surface area contributed by atoms with Crippen LogP contribution in [0.5, 0.6) is 5.88 Å². The van der Waals surface area contributed by atoms with Crippen molar-refractivity contribution in [3.8, 4) is 5.88 Å². The molecule has 0 amide bonds. The van der Waals surface area contributed by atoms with E-state index in [0.717, 1.165) is 5.82 Å². The van der Waals surface area contributed by atoms with Gasteiger partial charge >= 0.3 is 0 Å². The standard InChI is InChI=1S/C16H27N3O/c1-15(2,3)20-14-12(17)8-9-13(18-14)19-16(4)10-6-5-7-11-16/h8-9H,5-7,10-11,17H2,1-4H3,(H,18,19). The minimum Gasteiger partial charge on any atom is -0.470 e. The highest BCUT2D eigenvalue weighted by molar-refractivity contribution is 5.54. The minimum absolute atomic E-state index is 0.139. The van der Waals surface area contributed by atoms with E-state index in [1.165, 1.54) is 32.1 Å². The maximum absolute atomic E-state index is 5.95. The second kappa shape index (κ2) is 5.51. The van der Waals surface area contributed by atoms with Gasteiger partial charge in [-0.25, -0.2) is 0 Å². The quantitative estimate of drug-likeness (QED) is 0.877. The van der Waals surface area contributed by atoms with Gasteiger partial charge in [0, 0.05) is 5.54 Å². The zero-order valence-electron chi connectivity index (χ0n) is 13.1. The van der Waals surface area contributed by atoms with E-state index in [2.05, 4.69) is 17.2 Å². The van der Waals surface area contributed by atoms with Crippen LogP contribution >= 0.6 is 0 Å². The molecular formula is C16H27N3O. The molecule has 0 aromatic carbocycles. The lowest BCUT2D eigenvalue weighted by Gasteiger charge is -2.35. The van der Waals surface area contributed by atoms with Crippen LogP contribution in [0, 0.1) is 0 Å². The second-order valence-corrected chi connectivity index (χ2v) is 7.05. The summed E-state index contributed by atoms with van der Waals surface area (Å²) in [5, 5.41) is 3.56. The number of ether oxygens (including phenoxy) is 1. The lowest BCUT2D eigenvalue weighted by Crippen LogP contribution is -2.37. The molecule has 1 aromatic rings. The van der Waals surface area contributed by atoms with E-state index in [-0.39, 0.29) is 11.1 Å². The number of nitrogens with zero attached hydrogens (tertiary/aromatic N) is 1. The Balaban J connectivity index is 2.14. The summed E-state index contributed by atoms with van der Waals surface area (Å²) in [4.78, 5) is 4.54. The summed E-state index contributed by atoms with van der Waals surface area (Å²) >= 11 is 0. The molecule has 1 aromatic heterocycles. The van der Waals surface area contributed by atoms with Crippen molar-refractivity contribution in [1.82, 2.24) is 4.98 Å². The third-order valence-corrected chi connectivity index (χ3v) is 3.68. The Kier molecular flexibility index (Phi) is 4.11. The number of nitrogens with one attached hydrogen (secondary N) is 1. The van der Waals surface area contributed by atoms with Crippen LogP contribution in [-0.4, -0.2) is 16.1 Å². The summed E-state index contributed by atoms with van der Waals surface area (Å²) in [5.74, 6) is 1.37. The number of pyridine rings is 1. The van der Waals surface area contributed by atoms with Crippen molar-refractivity contribution in [3.63, 3.8) is 0 Å². The van der Waals surface area contributed by atoms with Crippen molar-refractivity contribution in [3.05, 3.63) is 12.1 Å². The van der Waals surface area contributed by atoms with E-state index in [4.69, 9.17) is 10.5 Å². The van der Waals surface area contributed by atoms with E-state index in [1.807, 2.05) is 32.9 Å². The lowest BCUT2D eigenvalue weighted by atomic mass is 9.83. The Morgan fingerprint density at radius 2 is 1.85 bits per heavy atom. The fourth-order valence-electron chi connectivity index (χ4n) is 2.66. The zero-order valence-corrected chi connectivity index (χ0v) is 13.1. The largest absolute Gasteiger partial charge is 0.470 e. The molecule has 2 rings (SSSR count). The molecule has 0 unspecified atom stereocenters. The summed E-state index contributed by atoms with van der Waals surface area (Å²) in [6.07, 6.45) is 6.28. The van der Waals surface area contributed by atoms with Gasteiger partial charge in [-0.3, -0.25) is 0 Å². The molecular weight excluding hydrogens is 250 g/mol. The number of hydrogen-bond acceptors (Lipinski definition) is 4. The lowest BCUT2D eigenvalue weighted by molar-refractivity contribution is 0.125. The van der Waals surface area contributed by atoms with E-state index >= 15 is 0 Å². The molecule has 4 nitrogen and oxygen atoms in total. The average molecular weight is 277 g/mol. The maximum atomic E-state index is 5.95. The summed E-state index contributed by atoms with van der Waals surface area (Å²) < 4.78 is 5.82. The molecule has 1 heterocycles. The monoisotopic (exact) mass is 277 g/mol. The van der Waals surface area contributed by atoms with Crippen LogP contribution in [0.1, 0.15) is 59.8 Å². The number of hydrogen-bond donors (Lipinski definition) is 2. The van der Waals surface area contributed by atoms with Crippen LogP contribution < -0.4 is 15.8 Å². The van der Waals surface area contributed by atoms with Gasteiger partial charge in [-0.2, -0.15) is 4.98 Å². The Labute approximate surface area is 122 Å². The smallest absolute Gasteiger partial charge is 0.239 e. The Morgan fingerprint density at radius 1 is 1.20 bits per heavy atom. The molecule has 20 heavy (non-hydrogen) atoms. The number of nitrogens with two attached hydrogens (primary N) is 1. The van der Waals surface area contributed by atoms with Crippen LogP contribution in [-0.2, 0) is 0 Å². The number of anilines is 2. The molecule has 0 bridgehead atoms.